The second-order valence-electron chi connectivity index (χ2n) is 16.5. The molecular weight excluding hydrogens is 799 g/mol. The zero-order chi connectivity index (χ0) is 44.2. The van der Waals surface area contributed by atoms with E-state index in [1.165, 1.54) is 26.5 Å². The molecule has 3 atom stereocenters. The van der Waals surface area contributed by atoms with E-state index in [1.54, 1.807) is 43.3 Å². The van der Waals surface area contributed by atoms with E-state index in [0.29, 0.717) is 55.4 Å². The summed E-state index contributed by atoms with van der Waals surface area (Å²) in [7, 11) is 0. The summed E-state index contributed by atoms with van der Waals surface area (Å²) in [5.74, 6) is -0.514. The van der Waals surface area contributed by atoms with Gasteiger partial charge in [0.1, 0.15) is 67.4 Å². The quantitative estimate of drug-likeness (QED) is 0.0720. The highest BCUT2D eigenvalue weighted by Gasteiger charge is 2.51. The van der Waals surface area contributed by atoms with Crippen molar-refractivity contribution < 1.29 is 30.6 Å². The van der Waals surface area contributed by atoms with Gasteiger partial charge in [0, 0.05) is 0 Å². The Balaban J connectivity index is 1.20. The number of aliphatic hydroxyl groups is 3. The van der Waals surface area contributed by atoms with E-state index in [1.807, 2.05) is 87.5 Å². The number of fused-ring (bicyclic) bond motifs is 3. The average molecular weight is 846 g/mol. The molecule has 320 valence electrons. The fourth-order valence-corrected chi connectivity index (χ4v) is 8.63. The van der Waals surface area contributed by atoms with E-state index < -0.39 is 23.7 Å². The SMILES string of the molecule is CCC(O)C(c1cc(C(C)C)c(O)c(-n2nc3ccc(C)cc3n2)c1)(C(O)Cc1ccc(O)c(-n2nc3ccccc3n2)c1)C(O)Cc1ccc(O)c(-n2nc3ccccc3n2)c1. The predicted molar refractivity (Wildman–Crippen MR) is 238 cm³/mol. The number of hydrogen-bond acceptors (Lipinski definition) is 12. The number of aromatic nitrogens is 9. The van der Waals surface area contributed by atoms with E-state index in [9.17, 15) is 30.6 Å². The maximum absolute atomic E-state index is 12.9. The van der Waals surface area contributed by atoms with E-state index in [0.717, 1.165) is 5.56 Å². The van der Waals surface area contributed by atoms with E-state index in [4.69, 9.17) is 10.2 Å². The fourth-order valence-electron chi connectivity index (χ4n) is 8.63. The number of aliphatic hydroxyl groups excluding tert-OH is 3. The Morgan fingerprint density at radius 3 is 1.41 bits per heavy atom. The summed E-state index contributed by atoms with van der Waals surface area (Å²) in [4.78, 5) is 4.02. The third-order valence-electron chi connectivity index (χ3n) is 12.0. The molecule has 0 aliphatic carbocycles. The van der Waals surface area contributed by atoms with Crippen molar-refractivity contribution in [3.8, 4) is 34.3 Å². The molecule has 0 aliphatic rings. The second-order valence-corrected chi connectivity index (χ2v) is 16.5. The first-order valence-electron chi connectivity index (χ1n) is 20.9. The van der Waals surface area contributed by atoms with E-state index in [-0.39, 0.29) is 59.5 Å². The predicted octanol–water partition coefficient (Wildman–Crippen LogP) is 6.65. The van der Waals surface area contributed by atoms with Gasteiger partial charge in [-0.3, -0.25) is 0 Å². The minimum Gasteiger partial charge on any atom is -0.506 e. The van der Waals surface area contributed by atoms with Crippen LogP contribution in [0.5, 0.6) is 17.2 Å². The van der Waals surface area contributed by atoms with Gasteiger partial charge in [0.25, 0.3) is 0 Å². The van der Waals surface area contributed by atoms with Crippen LogP contribution < -0.4 is 0 Å². The lowest BCUT2D eigenvalue weighted by molar-refractivity contribution is -0.0866. The summed E-state index contributed by atoms with van der Waals surface area (Å²) in [6.45, 7) is 7.55. The van der Waals surface area contributed by atoms with Crippen LogP contribution in [0.25, 0.3) is 50.2 Å². The summed E-state index contributed by atoms with van der Waals surface area (Å²) in [6.07, 6.45) is -4.46. The van der Waals surface area contributed by atoms with Crippen LogP contribution in [0.3, 0.4) is 0 Å². The monoisotopic (exact) mass is 845 g/mol. The summed E-state index contributed by atoms with van der Waals surface area (Å²) in [6, 6.07) is 33.3. The van der Waals surface area contributed by atoms with Crippen molar-refractivity contribution in [2.75, 3.05) is 0 Å². The molecule has 15 nitrogen and oxygen atoms in total. The van der Waals surface area contributed by atoms with Gasteiger partial charge in [-0.05, 0) is 127 Å². The fraction of sp³-hybridized carbons (Fsp3) is 0.250. The number of benzene rings is 6. The van der Waals surface area contributed by atoms with Gasteiger partial charge in [0.15, 0.2) is 0 Å². The molecule has 0 saturated carbocycles. The Morgan fingerprint density at radius 1 is 0.508 bits per heavy atom. The average Bonchev–Trinajstić information content (AvgIpc) is 4.02. The van der Waals surface area contributed by atoms with Crippen molar-refractivity contribution >= 4 is 33.1 Å². The summed E-state index contributed by atoms with van der Waals surface area (Å²) in [5, 5.41) is 100.0. The number of phenols is 3. The zero-order valence-electron chi connectivity index (χ0n) is 35.1. The normalized spacial score (nSPS) is 14.4. The maximum Gasteiger partial charge on any atom is 0.146 e. The molecule has 0 spiro atoms. The van der Waals surface area contributed by atoms with Crippen molar-refractivity contribution in [1.82, 2.24) is 45.0 Å². The van der Waals surface area contributed by atoms with Crippen molar-refractivity contribution in [3.05, 3.63) is 143 Å². The third kappa shape index (κ3) is 7.39. The van der Waals surface area contributed by atoms with Gasteiger partial charge in [-0.15, -0.1) is 45.0 Å². The molecule has 0 saturated heterocycles. The zero-order valence-corrected chi connectivity index (χ0v) is 35.1. The van der Waals surface area contributed by atoms with Crippen LogP contribution >= 0.6 is 0 Å². The minimum atomic E-state index is -1.85. The summed E-state index contributed by atoms with van der Waals surface area (Å²) < 4.78 is 0. The standard InChI is InChI=1S/C48H47N9O6/c1-5-44(60)48(45(61)23-29-15-18-42(58)39(21-29)55-49-33-10-6-7-11-34(33)50-55,46(62)24-30-16-19-43(59)40(22-30)56-51-35-12-8-9-13-36(35)52-56)31-25-32(27(2)3)47(63)41(26-31)57-53-37-17-14-28(4)20-38(37)54-57/h6-22,25-27,44-46,58-63H,5,23-24H2,1-4H3. The first kappa shape index (κ1) is 41.2. The molecule has 0 amide bonds. The lowest BCUT2D eigenvalue weighted by atomic mass is 9.63. The second kappa shape index (κ2) is 16.2. The highest BCUT2D eigenvalue weighted by Crippen LogP contribution is 2.45. The summed E-state index contributed by atoms with van der Waals surface area (Å²) in [5.41, 5.74) is 5.53. The van der Waals surface area contributed by atoms with Gasteiger partial charge in [-0.2, -0.15) is 0 Å². The van der Waals surface area contributed by atoms with Crippen LogP contribution in [0.15, 0.2) is 115 Å². The van der Waals surface area contributed by atoms with Gasteiger partial charge in [0.05, 0.1) is 23.7 Å². The van der Waals surface area contributed by atoms with E-state index in [2.05, 4.69) is 20.4 Å². The number of nitrogens with zero attached hydrogens (tertiary/aromatic N) is 9. The molecule has 0 bridgehead atoms. The first-order valence-corrected chi connectivity index (χ1v) is 20.9. The van der Waals surface area contributed by atoms with Crippen LogP contribution in [0.4, 0.5) is 0 Å². The molecular formula is C48H47N9O6. The highest BCUT2D eigenvalue weighted by molar-refractivity contribution is 5.76. The highest BCUT2D eigenvalue weighted by atomic mass is 16.3. The molecule has 0 fully saturated rings. The number of rotatable bonds is 13. The van der Waals surface area contributed by atoms with Gasteiger partial charge < -0.3 is 30.6 Å². The van der Waals surface area contributed by atoms with Crippen LogP contribution in [0, 0.1) is 6.92 Å². The molecule has 3 unspecified atom stereocenters. The Bertz CT molecular complexity index is 2940. The molecule has 6 N–H and O–H groups in total. The van der Waals surface area contributed by atoms with E-state index >= 15 is 0 Å². The Hall–Kier alpha value is -7.20. The molecule has 15 heteroatoms. The maximum atomic E-state index is 12.9. The lowest BCUT2D eigenvalue weighted by Gasteiger charge is -2.46. The lowest BCUT2D eigenvalue weighted by Crippen LogP contribution is -2.58. The van der Waals surface area contributed by atoms with Gasteiger partial charge >= 0.3 is 0 Å². The first-order chi connectivity index (χ1) is 30.3. The van der Waals surface area contributed by atoms with Crippen molar-refractivity contribution in [2.45, 2.75) is 76.6 Å². The third-order valence-corrected chi connectivity index (χ3v) is 12.0. The molecule has 63 heavy (non-hydrogen) atoms. The van der Waals surface area contributed by atoms with Gasteiger partial charge in [-0.25, -0.2) is 0 Å². The molecule has 6 aromatic carbocycles. The Kier molecular flexibility index (Phi) is 10.6. The van der Waals surface area contributed by atoms with Crippen LogP contribution in [-0.2, 0) is 18.3 Å². The van der Waals surface area contributed by atoms with Gasteiger partial charge in [-0.1, -0.05) is 69.3 Å². The van der Waals surface area contributed by atoms with Gasteiger partial charge in [0.2, 0.25) is 0 Å². The molecule has 3 heterocycles. The molecule has 9 rings (SSSR count). The minimum absolute atomic E-state index is 0.0841. The van der Waals surface area contributed by atoms with Crippen molar-refractivity contribution in [3.63, 3.8) is 0 Å². The number of phenolic OH excluding ortho intramolecular Hbond substituents is 3. The smallest absolute Gasteiger partial charge is 0.146 e. The summed E-state index contributed by atoms with van der Waals surface area (Å²) >= 11 is 0. The van der Waals surface area contributed by atoms with Crippen molar-refractivity contribution in [2.24, 2.45) is 0 Å². The molecule has 9 aromatic rings. The Labute approximate surface area is 361 Å². The Morgan fingerprint density at radius 2 is 0.952 bits per heavy atom. The molecule has 0 radical (unpaired) electrons. The van der Waals surface area contributed by atoms with Crippen molar-refractivity contribution in [1.29, 1.82) is 0 Å². The van der Waals surface area contributed by atoms with Crippen LogP contribution in [0.1, 0.15) is 60.9 Å². The van der Waals surface area contributed by atoms with Crippen LogP contribution in [-0.4, -0.2) is 93.9 Å². The van der Waals surface area contributed by atoms with Crippen LogP contribution in [0.2, 0.25) is 0 Å². The molecule has 3 aromatic heterocycles. The number of aromatic hydroxyl groups is 3. The number of hydrogen-bond donors (Lipinski definition) is 6. The number of aryl methyl sites for hydroxylation is 1. The molecule has 0 aliphatic heterocycles. The topological polar surface area (TPSA) is 214 Å². The largest absolute Gasteiger partial charge is 0.506 e.